The third kappa shape index (κ3) is 2.64. The van der Waals surface area contributed by atoms with Gasteiger partial charge in [0.05, 0.1) is 5.39 Å². The number of phenolic OH excluding ortho intramolecular Hbond substituents is 1. The van der Waals surface area contributed by atoms with E-state index in [1.807, 2.05) is 0 Å². The number of nitrogens with two attached hydrogens (primary N) is 1. The van der Waals surface area contributed by atoms with Gasteiger partial charge < -0.3 is 20.5 Å². The lowest BCUT2D eigenvalue weighted by Gasteiger charge is -2.06. The van der Waals surface area contributed by atoms with Gasteiger partial charge >= 0.3 is 5.63 Å². The van der Waals surface area contributed by atoms with Gasteiger partial charge in [-0.15, -0.1) is 10.2 Å². The Morgan fingerprint density at radius 3 is 2.54 bits per heavy atom. The van der Waals surface area contributed by atoms with Crippen LogP contribution in [0.1, 0.15) is 0 Å². The van der Waals surface area contributed by atoms with Crippen molar-refractivity contribution >= 4 is 22.7 Å². The van der Waals surface area contributed by atoms with Crippen molar-refractivity contribution < 1.29 is 14.6 Å². The number of aromatic hydroxyl groups is 2. The molecule has 0 aliphatic carbocycles. The number of aromatic nitrogens is 3. The molecular formula is C17H12N4O4S. The molecule has 0 amide bonds. The molecule has 130 valence electrons. The van der Waals surface area contributed by atoms with E-state index in [1.165, 1.54) is 16.8 Å². The largest absolute Gasteiger partial charge is 0.508 e. The topological polar surface area (TPSA) is 127 Å². The number of rotatable bonds is 3. The quantitative estimate of drug-likeness (QED) is 0.371. The maximum Gasteiger partial charge on any atom is 0.354 e. The molecule has 4 aromatic rings. The smallest absolute Gasteiger partial charge is 0.354 e. The molecule has 4 N–H and O–H groups in total. The predicted molar refractivity (Wildman–Crippen MR) is 95.5 cm³/mol. The molecule has 2 aromatic carbocycles. The number of hydrogen-bond donors (Lipinski definition) is 3. The van der Waals surface area contributed by atoms with E-state index < -0.39 is 5.63 Å². The predicted octanol–water partition coefficient (Wildman–Crippen LogP) is 2.33. The molecule has 0 saturated heterocycles. The fourth-order valence-corrected chi connectivity index (χ4v) is 3.23. The Morgan fingerprint density at radius 1 is 1.04 bits per heavy atom. The Morgan fingerprint density at radius 2 is 1.77 bits per heavy atom. The highest BCUT2D eigenvalue weighted by molar-refractivity contribution is 7.99. The highest BCUT2D eigenvalue weighted by Gasteiger charge is 2.20. The summed E-state index contributed by atoms with van der Waals surface area (Å²) in [6.07, 6.45) is 0. The fraction of sp³-hybridized carbons (Fsp3) is 0. The van der Waals surface area contributed by atoms with E-state index in [2.05, 4.69) is 10.2 Å². The first kappa shape index (κ1) is 16.0. The SMILES string of the molecule is Nn1c(Sc2c(O)c3ccccc3oc2=O)nnc1-c1ccc(O)cc1. The van der Waals surface area contributed by atoms with Gasteiger partial charge in [-0.05, 0) is 48.2 Å². The van der Waals surface area contributed by atoms with Crippen LogP contribution in [0.4, 0.5) is 0 Å². The summed E-state index contributed by atoms with van der Waals surface area (Å²) in [4.78, 5) is 12.2. The number of nitrogens with zero attached hydrogens (tertiary/aromatic N) is 3. The molecule has 0 unspecified atom stereocenters. The van der Waals surface area contributed by atoms with Crippen molar-refractivity contribution in [1.82, 2.24) is 14.9 Å². The molecule has 0 aliphatic rings. The van der Waals surface area contributed by atoms with Crippen LogP contribution in [0.25, 0.3) is 22.4 Å². The zero-order valence-corrected chi connectivity index (χ0v) is 14.0. The first-order valence-electron chi connectivity index (χ1n) is 7.47. The number of fused-ring (bicyclic) bond motifs is 1. The molecular weight excluding hydrogens is 356 g/mol. The fourth-order valence-electron chi connectivity index (χ4n) is 2.45. The van der Waals surface area contributed by atoms with Crippen molar-refractivity contribution in [2.75, 3.05) is 5.84 Å². The molecule has 0 fully saturated rings. The lowest BCUT2D eigenvalue weighted by molar-refractivity contribution is 0.447. The maximum absolute atomic E-state index is 12.2. The summed E-state index contributed by atoms with van der Waals surface area (Å²) in [6.45, 7) is 0. The first-order valence-corrected chi connectivity index (χ1v) is 8.29. The highest BCUT2D eigenvalue weighted by Crippen LogP contribution is 2.36. The molecule has 9 heteroatoms. The summed E-state index contributed by atoms with van der Waals surface area (Å²) in [5.41, 5.74) is 0.234. The van der Waals surface area contributed by atoms with Crippen molar-refractivity contribution in [3.8, 4) is 22.9 Å². The van der Waals surface area contributed by atoms with Crippen LogP contribution in [0.2, 0.25) is 0 Å². The summed E-state index contributed by atoms with van der Waals surface area (Å²) < 4.78 is 6.43. The van der Waals surface area contributed by atoms with Crippen molar-refractivity contribution in [1.29, 1.82) is 0 Å². The molecule has 0 saturated carbocycles. The van der Waals surface area contributed by atoms with Crippen LogP contribution in [0.5, 0.6) is 11.5 Å². The molecule has 8 nitrogen and oxygen atoms in total. The van der Waals surface area contributed by atoms with Gasteiger partial charge in [0.2, 0.25) is 5.16 Å². The third-order valence-corrected chi connectivity index (χ3v) is 4.75. The Hall–Kier alpha value is -3.46. The second-order valence-electron chi connectivity index (χ2n) is 5.39. The van der Waals surface area contributed by atoms with Crippen molar-refractivity contribution in [3.05, 3.63) is 59.0 Å². The lowest BCUT2D eigenvalue weighted by Crippen LogP contribution is -2.12. The molecule has 0 atom stereocenters. The van der Waals surface area contributed by atoms with Crippen LogP contribution >= 0.6 is 11.8 Å². The van der Waals surface area contributed by atoms with Crippen LogP contribution in [0, 0.1) is 0 Å². The molecule has 26 heavy (non-hydrogen) atoms. The number of benzene rings is 2. The van der Waals surface area contributed by atoms with Crippen LogP contribution in [-0.2, 0) is 0 Å². The molecule has 0 bridgehead atoms. The van der Waals surface area contributed by atoms with Gasteiger partial charge in [0, 0.05) is 5.56 Å². The standard InChI is InChI=1S/C17H12N4O4S/c18-21-15(9-5-7-10(22)8-6-9)19-20-17(21)26-14-13(23)11-3-1-2-4-12(11)25-16(14)24/h1-8,22-23H,18H2. The zero-order chi connectivity index (χ0) is 18.3. The Bertz CT molecular complexity index is 1170. The van der Waals surface area contributed by atoms with Gasteiger partial charge in [-0.25, -0.2) is 9.47 Å². The van der Waals surface area contributed by atoms with Gasteiger partial charge in [-0.2, -0.15) is 0 Å². The van der Waals surface area contributed by atoms with E-state index in [4.69, 9.17) is 10.3 Å². The Balaban J connectivity index is 1.76. The monoisotopic (exact) mass is 368 g/mol. The summed E-state index contributed by atoms with van der Waals surface area (Å²) in [5, 5.41) is 28.4. The normalized spacial score (nSPS) is 11.1. The summed E-state index contributed by atoms with van der Waals surface area (Å²) in [7, 11) is 0. The molecule has 0 spiro atoms. The maximum atomic E-state index is 12.2. The highest BCUT2D eigenvalue weighted by atomic mass is 32.2. The minimum absolute atomic E-state index is 0.0277. The minimum atomic E-state index is -0.694. The van der Waals surface area contributed by atoms with E-state index in [9.17, 15) is 15.0 Å². The summed E-state index contributed by atoms with van der Waals surface area (Å²) in [6, 6.07) is 13.0. The minimum Gasteiger partial charge on any atom is -0.508 e. The molecule has 0 radical (unpaired) electrons. The first-order chi connectivity index (χ1) is 12.5. The van der Waals surface area contributed by atoms with E-state index in [0.29, 0.717) is 22.4 Å². The second-order valence-corrected chi connectivity index (χ2v) is 6.37. The Kier molecular flexibility index (Phi) is 3.77. The number of phenols is 1. The van der Waals surface area contributed by atoms with E-state index >= 15 is 0 Å². The van der Waals surface area contributed by atoms with Gasteiger partial charge in [0.1, 0.15) is 22.0 Å². The van der Waals surface area contributed by atoms with Gasteiger partial charge in [0.25, 0.3) is 0 Å². The van der Waals surface area contributed by atoms with E-state index in [1.54, 1.807) is 36.4 Å². The second kappa shape index (κ2) is 6.12. The van der Waals surface area contributed by atoms with Crippen molar-refractivity contribution in [2.45, 2.75) is 10.1 Å². The Labute approximate surface area is 150 Å². The molecule has 0 aliphatic heterocycles. The van der Waals surface area contributed by atoms with Gasteiger partial charge in [0.15, 0.2) is 5.82 Å². The van der Waals surface area contributed by atoms with Crippen LogP contribution in [-0.4, -0.2) is 25.1 Å². The zero-order valence-electron chi connectivity index (χ0n) is 13.2. The average Bonchev–Trinajstić information content (AvgIpc) is 3.00. The van der Waals surface area contributed by atoms with Crippen LogP contribution in [0.15, 0.2) is 67.8 Å². The van der Waals surface area contributed by atoms with E-state index in [-0.39, 0.29) is 21.6 Å². The number of hydrogen-bond acceptors (Lipinski definition) is 8. The van der Waals surface area contributed by atoms with Gasteiger partial charge in [-0.3, -0.25) is 0 Å². The summed E-state index contributed by atoms with van der Waals surface area (Å²) >= 11 is 0.860. The average molecular weight is 368 g/mol. The molecule has 2 aromatic heterocycles. The van der Waals surface area contributed by atoms with Crippen molar-refractivity contribution in [2.24, 2.45) is 0 Å². The third-order valence-electron chi connectivity index (χ3n) is 3.73. The molecule has 4 rings (SSSR count). The molecule has 2 heterocycles. The van der Waals surface area contributed by atoms with Gasteiger partial charge in [-0.1, -0.05) is 12.1 Å². The van der Waals surface area contributed by atoms with Crippen LogP contribution < -0.4 is 11.5 Å². The summed E-state index contributed by atoms with van der Waals surface area (Å²) in [5.74, 6) is 6.29. The number of nitrogen functional groups attached to an aromatic ring is 1. The number of para-hydroxylation sites is 1. The van der Waals surface area contributed by atoms with Crippen molar-refractivity contribution in [3.63, 3.8) is 0 Å². The van der Waals surface area contributed by atoms with E-state index in [0.717, 1.165) is 11.8 Å². The van der Waals surface area contributed by atoms with Crippen LogP contribution in [0.3, 0.4) is 0 Å². The lowest BCUT2D eigenvalue weighted by atomic mass is 10.2.